The van der Waals surface area contributed by atoms with Crippen LogP contribution in [0.4, 0.5) is 0 Å². The van der Waals surface area contributed by atoms with Crippen molar-refractivity contribution < 1.29 is 0 Å². The van der Waals surface area contributed by atoms with Crippen molar-refractivity contribution in [3.63, 3.8) is 0 Å². The summed E-state index contributed by atoms with van der Waals surface area (Å²) in [4.78, 5) is 2.32. The number of nitrogens with zero attached hydrogens (tertiary/aromatic N) is 1. The second-order valence-electron chi connectivity index (χ2n) is 5.18. The first-order chi connectivity index (χ1) is 5.38. The Kier molecular flexibility index (Phi) is 2.79. The molecule has 1 aliphatic rings. The third kappa shape index (κ3) is 2.76. The van der Waals surface area contributed by atoms with E-state index in [-0.39, 0.29) is 5.54 Å². The van der Waals surface area contributed by atoms with Crippen molar-refractivity contribution in [3.05, 3.63) is 0 Å². The van der Waals surface area contributed by atoms with Gasteiger partial charge >= 0.3 is 0 Å². The Labute approximate surface area is 76.3 Å². The number of rotatable bonds is 2. The zero-order valence-electron chi connectivity index (χ0n) is 9.02. The zero-order chi connectivity index (χ0) is 9.35. The molecule has 0 aliphatic heterocycles. The van der Waals surface area contributed by atoms with E-state index < -0.39 is 0 Å². The summed E-state index contributed by atoms with van der Waals surface area (Å²) < 4.78 is 0. The van der Waals surface area contributed by atoms with Crippen molar-refractivity contribution in [2.24, 2.45) is 0 Å². The SMILES string of the molecule is CN(C)[C@H]1C[C@H](NC(C)(C)C)C1. The highest BCUT2D eigenvalue weighted by molar-refractivity contribution is 4.92. The molecular weight excluding hydrogens is 148 g/mol. The summed E-state index contributed by atoms with van der Waals surface area (Å²) in [6, 6.07) is 1.56. The molecule has 0 spiro atoms. The minimum atomic E-state index is 0.280. The molecule has 0 heterocycles. The van der Waals surface area contributed by atoms with Gasteiger partial charge in [-0.1, -0.05) is 0 Å². The Morgan fingerprint density at radius 1 is 1.17 bits per heavy atom. The monoisotopic (exact) mass is 170 g/mol. The smallest absolute Gasteiger partial charge is 0.0119 e. The summed E-state index contributed by atoms with van der Waals surface area (Å²) in [6.45, 7) is 6.70. The van der Waals surface area contributed by atoms with Crippen LogP contribution in [0.2, 0.25) is 0 Å². The number of nitrogens with one attached hydrogen (secondary N) is 1. The third-order valence-corrected chi connectivity index (χ3v) is 2.48. The van der Waals surface area contributed by atoms with Crippen molar-refractivity contribution in [3.8, 4) is 0 Å². The second-order valence-corrected chi connectivity index (χ2v) is 5.18. The van der Waals surface area contributed by atoms with E-state index in [0.717, 1.165) is 12.1 Å². The Morgan fingerprint density at radius 2 is 1.67 bits per heavy atom. The molecule has 1 fully saturated rings. The van der Waals surface area contributed by atoms with Gasteiger partial charge in [-0.2, -0.15) is 0 Å². The fraction of sp³-hybridized carbons (Fsp3) is 1.00. The lowest BCUT2D eigenvalue weighted by Gasteiger charge is -2.43. The first kappa shape index (κ1) is 10.0. The van der Waals surface area contributed by atoms with E-state index in [4.69, 9.17) is 0 Å². The fourth-order valence-corrected chi connectivity index (χ4v) is 1.74. The van der Waals surface area contributed by atoms with Crippen LogP contribution in [0.25, 0.3) is 0 Å². The van der Waals surface area contributed by atoms with Crippen LogP contribution < -0.4 is 5.32 Å². The molecule has 1 rings (SSSR count). The molecule has 0 aromatic heterocycles. The minimum Gasteiger partial charge on any atom is -0.309 e. The summed E-state index contributed by atoms with van der Waals surface area (Å²) >= 11 is 0. The molecule has 0 amide bonds. The summed E-state index contributed by atoms with van der Waals surface area (Å²) in [5, 5.41) is 3.61. The molecule has 12 heavy (non-hydrogen) atoms. The largest absolute Gasteiger partial charge is 0.309 e. The number of hydrogen-bond donors (Lipinski definition) is 1. The first-order valence-corrected chi connectivity index (χ1v) is 4.82. The van der Waals surface area contributed by atoms with Gasteiger partial charge in [0.1, 0.15) is 0 Å². The van der Waals surface area contributed by atoms with E-state index in [1.807, 2.05) is 0 Å². The van der Waals surface area contributed by atoms with E-state index in [1.54, 1.807) is 0 Å². The first-order valence-electron chi connectivity index (χ1n) is 4.82. The molecule has 1 N–H and O–H groups in total. The third-order valence-electron chi connectivity index (χ3n) is 2.48. The predicted molar refractivity (Wildman–Crippen MR) is 53.4 cm³/mol. The van der Waals surface area contributed by atoms with Crippen molar-refractivity contribution in [1.82, 2.24) is 10.2 Å². The molecule has 72 valence electrons. The van der Waals surface area contributed by atoms with Crippen LogP contribution in [0, 0.1) is 0 Å². The lowest BCUT2D eigenvalue weighted by molar-refractivity contribution is 0.128. The van der Waals surface area contributed by atoms with Crippen molar-refractivity contribution in [2.75, 3.05) is 14.1 Å². The Morgan fingerprint density at radius 3 is 2.00 bits per heavy atom. The van der Waals surface area contributed by atoms with Crippen LogP contribution in [-0.4, -0.2) is 36.6 Å². The van der Waals surface area contributed by atoms with E-state index in [0.29, 0.717) is 0 Å². The molecule has 1 aliphatic carbocycles. The average molecular weight is 170 g/mol. The summed E-state index contributed by atoms with van der Waals surface area (Å²) in [5.74, 6) is 0. The molecule has 1 saturated carbocycles. The van der Waals surface area contributed by atoms with Crippen LogP contribution >= 0.6 is 0 Å². The van der Waals surface area contributed by atoms with Gasteiger partial charge in [0.25, 0.3) is 0 Å². The highest BCUT2D eigenvalue weighted by Gasteiger charge is 2.32. The van der Waals surface area contributed by atoms with Gasteiger partial charge in [-0.3, -0.25) is 0 Å². The molecule has 0 aromatic carbocycles. The Hall–Kier alpha value is -0.0800. The van der Waals surface area contributed by atoms with Gasteiger partial charge in [0.15, 0.2) is 0 Å². The van der Waals surface area contributed by atoms with Gasteiger partial charge in [-0.05, 0) is 47.7 Å². The van der Waals surface area contributed by atoms with E-state index in [1.165, 1.54) is 12.8 Å². The Bertz CT molecular complexity index is 140. The molecule has 2 nitrogen and oxygen atoms in total. The number of hydrogen-bond acceptors (Lipinski definition) is 2. The quantitative estimate of drug-likeness (QED) is 0.675. The van der Waals surface area contributed by atoms with Gasteiger partial charge < -0.3 is 10.2 Å². The lowest BCUT2D eigenvalue weighted by atomic mass is 9.84. The standard InChI is InChI=1S/C10H22N2/c1-10(2,3)11-8-6-9(7-8)12(4)5/h8-9,11H,6-7H2,1-5H3/t8-,9-. The molecule has 0 aromatic rings. The van der Waals surface area contributed by atoms with E-state index in [2.05, 4.69) is 45.1 Å². The molecule has 0 bridgehead atoms. The fourth-order valence-electron chi connectivity index (χ4n) is 1.74. The van der Waals surface area contributed by atoms with Gasteiger partial charge in [-0.15, -0.1) is 0 Å². The summed E-state index contributed by atoms with van der Waals surface area (Å²) in [6.07, 6.45) is 2.62. The van der Waals surface area contributed by atoms with Crippen molar-refractivity contribution in [1.29, 1.82) is 0 Å². The van der Waals surface area contributed by atoms with Crippen LogP contribution in [0.5, 0.6) is 0 Å². The zero-order valence-corrected chi connectivity index (χ0v) is 9.02. The Balaban J connectivity index is 2.18. The highest BCUT2D eigenvalue weighted by atomic mass is 15.1. The van der Waals surface area contributed by atoms with E-state index >= 15 is 0 Å². The maximum atomic E-state index is 3.61. The minimum absolute atomic E-state index is 0.280. The lowest BCUT2D eigenvalue weighted by Crippen LogP contribution is -2.55. The normalized spacial score (nSPS) is 30.5. The van der Waals surface area contributed by atoms with Crippen LogP contribution in [0.3, 0.4) is 0 Å². The second kappa shape index (κ2) is 3.35. The van der Waals surface area contributed by atoms with Crippen LogP contribution in [0.1, 0.15) is 33.6 Å². The van der Waals surface area contributed by atoms with Gasteiger partial charge in [-0.25, -0.2) is 0 Å². The molecular formula is C10H22N2. The topological polar surface area (TPSA) is 15.3 Å². The molecule has 0 radical (unpaired) electrons. The predicted octanol–water partition coefficient (Wildman–Crippen LogP) is 1.47. The highest BCUT2D eigenvalue weighted by Crippen LogP contribution is 2.25. The van der Waals surface area contributed by atoms with Crippen molar-refractivity contribution >= 4 is 0 Å². The van der Waals surface area contributed by atoms with Gasteiger partial charge in [0, 0.05) is 17.6 Å². The average Bonchev–Trinajstić information content (AvgIpc) is 1.74. The maximum absolute atomic E-state index is 3.61. The van der Waals surface area contributed by atoms with Gasteiger partial charge in [0.2, 0.25) is 0 Å². The molecule has 0 atom stereocenters. The van der Waals surface area contributed by atoms with Crippen LogP contribution in [-0.2, 0) is 0 Å². The van der Waals surface area contributed by atoms with Crippen LogP contribution in [0.15, 0.2) is 0 Å². The van der Waals surface area contributed by atoms with Crippen molar-refractivity contribution in [2.45, 2.75) is 51.2 Å². The molecule has 2 heteroatoms. The molecule has 0 unspecified atom stereocenters. The summed E-state index contributed by atoms with van der Waals surface area (Å²) in [7, 11) is 4.33. The maximum Gasteiger partial charge on any atom is 0.0119 e. The van der Waals surface area contributed by atoms with E-state index in [9.17, 15) is 0 Å². The molecule has 0 saturated heterocycles. The summed E-state index contributed by atoms with van der Waals surface area (Å²) in [5.41, 5.74) is 0.280. The van der Waals surface area contributed by atoms with Gasteiger partial charge in [0.05, 0.1) is 0 Å².